The quantitative estimate of drug-likeness (QED) is 0.352. The van der Waals surface area contributed by atoms with Crippen molar-refractivity contribution in [3.05, 3.63) is 101 Å². The molecule has 210 valence electrons. The second kappa shape index (κ2) is 9.68. The minimum Gasteiger partial charge on any atom is -0.339 e. The number of para-hydroxylation sites is 1. The summed E-state index contributed by atoms with van der Waals surface area (Å²) in [6, 6.07) is 16.8. The van der Waals surface area contributed by atoms with Gasteiger partial charge in [0.25, 0.3) is 6.71 Å². The van der Waals surface area contributed by atoms with Crippen LogP contribution in [0.1, 0.15) is 80.1 Å². The Morgan fingerprint density at radius 3 is 2.29 bits per heavy atom. The lowest BCUT2D eigenvalue weighted by atomic mass is 9.32. The summed E-state index contributed by atoms with van der Waals surface area (Å²) >= 11 is 0. The lowest BCUT2D eigenvalue weighted by molar-refractivity contribution is 0.220. The summed E-state index contributed by atoms with van der Waals surface area (Å²) in [6.07, 6.45) is 21.2. The van der Waals surface area contributed by atoms with Crippen molar-refractivity contribution in [3.63, 3.8) is 0 Å². The highest BCUT2D eigenvalue weighted by Gasteiger charge is 2.46. The van der Waals surface area contributed by atoms with Gasteiger partial charge in [-0.15, -0.1) is 0 Å². The van der Waals surface area contributed by atoms with E-state index < -0.39 is 0 Å². The van der Waals surface area contributed by atoms with E-state index in [1.54, 1.807) is 5.57 Å². The molecule has 0 saturated carbocycles. The third-order valence-electron chi connectivity index (χ3n) is 10.4. The summed E-state index contributed by atoms with van der Waals surface area (Å²) in [6.45, 7) is 14.6. The van der Waals surface area contributed by atoms with E-state index in [9.17, 15) is 0 Å². The van der Waals surface area contributed by atoms with E-state index in [1.807, 2.05) is 0 Å². The van der Waals surface area contributed by atoms with E-state index in [2.05, 4.69) is 130 Å². The van der Waals surface area contributed by atoms with Crippen molar-refractivity contribution in [3.8, 4) is 0 Å². The Morgan fingerprint density at radius 2 is 1.59 bits per heavy atom. The summed E-state index contributed by atoms with van der Waals surface area (Å²) < 4.78 is 0. The Kier molecular flexibility index (Phi) is 6.30. The fourth-order valence-electron chi connectivity index (χ4n) is 8.03. The van der Waals surface area contributed by atoms with Gasteiger partial charge in [0.05, 0.1) is 6.04 Å². The lowest BCUT2D eigenvalue weighted by Crippen LogP contribution is -2.58. The SMILES string of the molecule is CC(C)(C)C1=CC2=C(CC1)N(C1C=CC=CC1)c1cccc3c1B2c1ccccc1N3C1=CCC(C(C)(C)C)CC1. The van der Waals surface area contributed by atoms with Gasteiger partial charge in [0.1, 0.15) is 0 Å². The Morgan fingerprint density at radius 1 is 0.805 bits per heavy atom. The molecule has 3 aliphatic carbocycles. The molecule has 2 unspecified atom stereocenters. The summed E-state index contributed by atoms with van der Waals surface area (Å²) in [4.78, 5) is 5.36. The third kappa shape index (κ3) is 4.39. The van der Waals surface area contributed by atoms with E-state index in [0.29, 0.717) is 11.5 Å². The second-order valence-corrected chi connectivity index (χ2v) is 14.9. The van der Waals surface area contributed by atoms with E-state index >= 15 is 0 Å². The van der Waals surface area contributed by atoms with Gasteiger partial charge in [-0.25, -0.2) is 0 Å². The molecule has 2 nitrogen and oxygen atoms in total. The zero-order valence-electron chi connectivity index (χ0n) is 25.9. The van der Waals surface area contributed by atoms with Gasteiger partial charge in [0.2, 0.25) is 0 Å². The van der Waals surface area contributed by atoms with Gasteiger partial charge in [-0.3, -0.25) is 0 Å². The van der Waals surface area contributed by atoms with Gasteiger partial charge >= 0.3 is 0 Å². The highest BCUT2D eigenvalue weighted by Crippen LogP contribution is 2.47. The number of hydrogen-bond donors (Lipinski definition) is 0. The van der Waals surface area contributed by atoms with Crippen molar-refractivity contribution >= 4 is 34.7 Å². The minimum absolute atomic E-state index is 0.174. The molecule has 2 aromatic rings. The van der Waals surface area contributed by atoms with Crippen molar-refractivity contribution in [2.45, 2.75) is 86.1 Å². The topological polar surface area (TPSA) is 6.48 Å². The Balaban J connectivity index is 1.45. The Labute approximate surface area is 248 Å². The van der Waals surface area contributed by atoms with Crippen LogP contribution in [0.5, 0.6) is 0 Å². The van der Waals surface area contributed by atoms with E-state index in [4.69, 9.17) is 0 Å². The number of fused-ring (bicyclic) bond motifs is 3. The average Bonchev–Trinajstić information content (AvgIpc) is 2.96. The van der Waals surface area contributed by atoms with Crippen LogP contribution in [-0.4, -0.2) is 12.8 Å². The molecule has 0 bridgehead atoms. The summed E-state index contributed by atoms with van der Waals surface area (Å²) in [5.74, 6) is 0.737. The highest BCUT2D eigenvalue weighted by atomic mass is 15.2. The molecular formula is C38H45BN2. The maximum atomic E-state index is 2.72. The van der Waals surface area contributed by atoms with Gasteiger partial charge in [0.15, 0.2) is 0 Å². The number of hydrogen-bond acceptors (Lipinski definition) is 2. The number of anilines is 3. The number of rotatable bonds is 2. The fourth-order valence-corrected chi connectivity index (χ4v) is 8.03. The van der Waals surface area contributed by atoms with Crippen molar-refractivity contribution in [1.29, 1.82) is 0 Å². The van der Waals surface area contributed by atoms with E-state index in [-0.39, 0.29) is 12.1 Å². The maximum Gasteiger partial charge on any atom is 0.251 e. The molecular weight excluding hydrogens is 495 g/mol. The Bertz CT molecular complexity index is 1540. The van der Waals surface area contributed by atoms with Crippen molar-refractivity contribution in [1.82, 2.24) is 0 Å². The first-order valence-electron chi connectivity index (χ1n) is 15.9. The maximum absolute atomic E-state index is 2.72. The van der Waals surface area contributed by atoms with Crippen LogP contribution in [-0.2, 0) is 0 Å². The predicted octanol–water partition coefficient (Wildman–Crippen LogP) is 8.74. The van der Waals surface area contributed by atoms with Crippen molar-refractivity contribution in [2.75, 3.05) is 9.80 Å². The summed E-state index contributed by atoms with van der Waals surface area (Å²) in [5, 5.41) is 0. The molecule has 0 aromatic heterocycles. The van der Waals surface area contributed by atoms with Gasteiger partial charge in [-0.05, 0) is 89.9 Å². The standard InChI is InChI=1S/C38H45BN2/c1-37(2,3)26-19-22-29(23-20-26)41-32-16-11-10-15-30(32)39-31-25-27(38(4,5)6)21-24-33(31)40(28-13-8-7-9-14-28)34-17-12-18-35(41)36(34)39/h7-13,15-18,22,25-26,28H,14,19-21,23-24H2,1-6H3. The molecule has 0 radical (unpaired) electrons. The molecule has 3 heteroatoms. The molecule has 41 heavy (non-hydrogen) atoms. The molecule has 2 aromatic carbocycles. The van der Waals surface area contributed by atoms with Gasteiger partial charge < -0.3 is 9.80 Å². The monoisotopic (exact) mass is 540 g/mol. The largest absolute Gasteiger partial charge is 0.339 e. The summed E-state index contributed by atoms with van der Waals surface area (Å²) in [7, 11) is 0. The zero-order chi connectivity index (χ0) is 28.5. The fraction of sp³-hybridized carbons (Fsp3) is 0.421. The summed E-state index contributed by atoms with van der Waals surface area (Å²) in [5.41, 5.74) is 13.8. The molecule has 5 aliphatic rings. The van der Waals surface area contributed by atoms with E-state index in [1.165, 1.54) is 51.3 Å². The van der Waals surface area contributed by atoms with Gasteiger partial charge in [0, 0.05) is 28.5 Å². The highest BCUT2D eigenvalue weighted by molar-refractivity contribution is 6.95. The van der Waals surface area contributed by atoms with Crippen LogP contribution in [0.2, 0.25) is 0 Å². The van der Waals surface area contributed by atoms with Crippen LogP contribution < -0.4 is 20.7 Å². The zero-order valence-corrected chi connectivity index (χ0v) is 25.9. The lowest BCUT2D eigenvalue weighted by Gasteiger charge is -2.49. The van der Waals surface area contributed by atoms with Gasteiger partial charge in [-0.2, -0.15) is 0 Å². The first kappa shape index (κ1) is 26.7. The molecule has 7 rings (SSSR count). The van der Waals surface area contributed by atoms with Crippen LogP contribution in [0, 0.1) is 16.7 Å². The number of benzene rings is 2. The van der Waals surface area contributed by atoms with Crippen LogP contribution in [0.25, 0.3) is 0 Å². The first-order chi connectivity index (χ1) is 19.6. The van der Waals surface area contributed by atoms with Crippen LogP contribution in [0.15, 0.2) is 101 Å². The van der Waals surface area contributed by atoms with Crippen molar-refractivity contribution in [2.24, 2.45) is 16.7 Å². The molecule has 0 N–H and O–H groups in total. The third-order valence-corrected chi connectivity index (χ3v) is 10.4. The molecule has 0 fully saturated rings. The smallest absolute Gasteiger partial charge is 0.251 e. The van der Waals surface area contributed by atoms with Crippen LogP contribution in [0.3, 0.4) is 0 Å². The molecule has 2 heterocycles. The van der Waals surface area contributed by atoms with Crippen molar-refractivity contribution < 1.29 is 0 Å². The number of nitrogens with zero attached hydrogens (tertiary/aromatic N) is 2. The second-order valence-electron chi connectivity index (χ2n) is 14.9. The minimum atomic E-state index is 0.174. The van der Waals surface area contributed by atoms with Gasteiger partial charge in [-0.1, -0.05) is 108 Å². The molecule has 0 spiro atoms. The van der Waals surface area contributed by atoms with Crippen LogP contribution in [0.4, 0.5) is 17.1 Å². The average molecular weight is 541 g/mol. The Hall–Kier alpha value is -3.20. The predicted molar refractivity (Wildman–Crippen MR) is 178 cm³/mol. The number of allylic oxidation sites excluding steroid dienone is 8. The van der Waals surface area contributed by atoms with Crippen LogP contribution >= 0.6 is 0 Å². The van der Waals surface area contributed by atoms with E-state index in [0.717, 1.165) is 38.0 Å². The molecule has 0 saturated heterocycles. The molecule has 2 aliphatic heterocycles. The molecule has 2 atom stereocenters. The molecule has 0 amide bonds. The first-order valence-corrected chi connectivity index (χ1v) is 15.9. The normalized spacial score (nSPS) is 23.6.